The monoisotopic (exact) mass is 291 g/mol. The third-order valence-electron chi connectivity index (χ3n) is 4.50. The number of hydrogen-bond acceptors (Lipinski definition) is 3. The van der Waals surface area contributed by atoms with Crippen LogP contribution in [0.25, 0.3) is 0 Å². The molecule has 0 aromatic heterocycles. The third kappa shape index (κ3) is 2.46. The number of hydrogen-bond donors (Lipinski definition) is 1. The Morgan fingerprint density at radius 1 is 1.38 bits per heavy atom. The Morgan fingerprint density at radius 3 is 2.81 bits per heavy atom. The van der Waals surface area contributed by atoms with Crippen LogP contribution in [0, 0.1) is 11.2 Å². The van der Waals surface area contributed by atoms with Gasteiger partial charge in [0.1, 0.15) is 5.82 Å². The molecule has 1 N–H and O–H groups in total. The van der Waals surface area contributed by atoms with Crippen molar-refractivity contribution in [1.29, 1.82) is 0 Å². The molecule has 112 valence electrons. The molecule has 1 saturated carbocycles. The molecule has 2 fully saturated rings. The summed E-state index contributed by atoms with van der Waals surface area (Å²) in [6.45, 7) is 2.54. The number of halogens is 1. The van der Waals surface area contributed by atoms with E-state index < -0.39 is 11.3 Å². The van der Waals surface area contributed by atoms with Crippen molar-refractivity contribution >= 4 is 11.8 Å². The molecule has 0 bridgehead atoms. The Hall–Kier alpha value is -1.75. The van der Waals surface area contributed by atoms with Crippen LogP contribution in [0.3, 0.4) is 0 Å². The number of piperidine rings is 1. The van der Waals surface area contributed by atoms with Crippen LogP contribution < -0.4 is 5.32 Å². The van der Waals surface area contributed by atoms with E-state index in [9.17, 15) is 14.0 Å². The third-order valence-corrected chi connectivity index (χ3v) is 4.50. The van der Waals surface area contributed by atoms with Crippen LogP contribution in [0.4, 0.5) is 4.39 Å². The van der Waals surface area contributed by atoms with Crippen LogP contribution in [0.2, 0.25) is 0 Å². The summed E-state index contributed by atoms with van der Waals surface area (Å²) in [4.78, 5) is 24.0. The lowest BCUT2D eigenvalue weighted by atomic mass is 9.54. The first-order valence-electron chi connectivity index (χ1n) is 7.25. The summed E-state index contributed by atoms with van der Waals surface area (Å²) in [5.41, 5.74) is 0.211. The van der Waals surface area contributed by atoms with E-state index in [0.717, 1.165) is 0 Å². The Labute approximate surface area is 122 Å². The van der Waals surface area contributed by atoms with Crippen molar-refractivity contribution < 1.29 is 18.7 Å². The SMILES string of the molecule is CCOC1CC2(CC(=O)NC(=O)C2c2cccc(F)c2)C1. The molecule has 21 heavy (non-hydrogen) atoms. The van der Waals surface area contributed by atoms with Crippen molar-refractivity contribution in [2.24, 2.45) is 5.41 Å². The minimum absolute atomic E-state index is 0.0877. The lowest BCUT2D eigenvalue weighted by Gasteiger charge is -2.53. The van der Waals surface area contributed by atoms with Crippen LogP contribution in [0.1, 0.15) is 37.7 Å². The van der Waals surface area contributed by atoms with Gasteiger partial charge in [-0.1, -0.05) is 12.1 Å². The fourth-order valence-electron chi connectivity index (χ4n) is 3.73. The summed E-state index contributed by atoms with van der Waals surface area (Å²) >= 11 is 0. The van der Waals surface area contributed by atoms with Gasteiger partial charge in [-0.2, -0.15) is 0 Å². The maximum absolute atomic E-state index is 13.5. The van der Waals surface area contributed by atoms with Gasteiger partial charge in [0.25, 0.3) is 0 Å². The van der Waals surface area contributed by atoms with E-state index in [1.165, 1.54) is 12.1 Å². The van der Waals surface area contributed by atoms with E-state index in [4.69, 9.17) is 4.74 Å². The standard InChI is InChI=1S/C16H18FNO3/c1-2-21-12-7-16(8-12)9-13(19)18-15(20)14(16)10-4-3-5-11(17)6-10/h3-6,12,14H,2,7-9H2,1H3,(H,18,19,20). The number of amides is 2. The van der Waals surface area contributed by atoms with Crippen molar-refractivity contribution in [3.8, 4) is 0 Å². The molecule has 1 unspecified atom stereocenters. The van der Waals surface area contributed by atoms with E-state index in [1.54, 1.807) is 12.1 Å². The summed E-state index contributed by atoms with van der Waals surface area (Å²) in [6, 6.07) is 6.08. The first-order valence-corrected chi connectivity index (χ1v) is 7.25. The molecular weight excluding hydrogens is 273 g/mol. The fraction of sp³-hybridized carbons (Fsp3) is 0.500. The minimum atomic E-state index is -0.484. The van der Waals surface area contributed by atoms with Gasteiger partial charge in [-0.15, -0.1) is 0 Å². The second-order valence-corrected chi connectivity index (χ2v) is 5.93. The summed E-state index contributed by atoms with van der Waals surface area (Å²) in [5, 5.41) is 2.38. The van der Waals surface area contributed by atoms with Crippen molar-refractivity contribution in [1.82, 2.24) is 5.32 Å². The molecule has 3 rings (SSSR count). The van der Waals surface area contributed by atoms with Gasteiger partial charge < -0.3 is 4.74 Å². The van der Waals surface area contributed by atoms with Gasteiger partial charge in [-0.25, -0.2) is 4.39 Å². The maximum Gasteiger partial charge on any atom is 0.234 e. The summed E-state index contributed by atoms with van der Waals surface area (Å²) in [7, 11) is 0. The largest absolute Gasteiger partial charge is 0.378 e. The molecule has 1 aliphatic heterocycles. The molecule has 1 aliphatic carbocycles. The number of rotatable bonds is 3. The number of carbonyl (C=O) groups excluding carboxylic acids is 2. The highest BCUT2D eigenvalue weighted by Gasteiger charge is 2.56. The molecular formula is C16H18FNO3. The summed E-state index contributed by atoms with van der Waals surface area (Å²) < 4.78 is 19.0. The Bertz CT molecular complexity index is 581. The number of carbonyl (C=O) groups is 2. The normalized spacial score (nSPS) is 31.9. The van der Waals surface area contributed by atoms with Gasteiger partial charge in [0, 0.05) is 13.0 Å². The van der Waals surface area contributed by atoms with Crippen LogP contribution in [-0.4, -0.2) is 24.5 Å². The van der Waals surface area contributed by atoms with Crippen LogP contribution >= 0.6 is 0 Å². The van der Waals surface area contributed by atoms with Crippen LogP contribution in [-0.2, 0) is 14.3 Å². The van der Waals surface area contributed by atoms with Gasteiger partial charge in [0.2, 0.25) is 11.8 Å². The predicted molar refractivity (Wildman–Crippen MR) is 74.0 cm³/mol. The molecule has 2 aliphatic rings. The lowest BCUT2D eigenvalue weighted by molar-refractivity contribution is -0.153. The molecule has 1 heterocycles. The quantitative estimate of drug-likeness (QED) is 0.868. The zero-order valence-corrected chi connectivity index (χ0v) is 11.9. The van der Waals surface area contributed by atoms with Gasteiger partial charge in [-0.05, 0) is 42.9 Å². The first kappa shape index (κ1) is 14.2. The first-order chi connectivity index (χ1) is 10.0. The second kappa shape index (κ2) is 5.22. The smallest absolute Gasteiger partial charge is 0.234 e. The van der Waals surface area contributed by atoms with Crippen molar-refractivity contribution in [3.63, 3.8) is 0 Å². The van der Waals surface area contributed by atoms with E-state index in [1.807, 2.05) is 6.92 Å². The Morgan fingerprint density at radius 2 is 2.14 bits per heavy atom. The second-order valence-electron chi connectivity index (χ2n) is 5.93. The topological polar surface area (TPSA) is 55.4 Å². The highest BCUT2D eigenvalue weighted by Crippen LogP contribution is 2.56. The predicted octanol–water partition coefficient (Wildman–Crippen LogP) is 2.14. The van der Waals surface area contributed by atoms with Gasteiger partial charge in [0.15, 0.2) is 0 Å². The van der Waals surface area contributed by atoms with E-state index in [2.05, 4.69) is 5.32 Å². The average Bonchev–Trinajstić information content (AvgIpc) is 2.36. The molecule has 1 spiro atoms. The summed E-state index contributed by atoms with van der Waals surface area (Å²) in [6.07, 6.45) is 1.72. The highest BCUT2D eigenvalue weighted by atomic mass is 19.1. The van der Waals surface area contributed by atoms with E-state index in [-0.39, 0.29) is 23.7 Å². The van der Waals surface area contributed by atoms with E-state index in [0.29, 0.717) is 31.4 Å². The van der Waals surface area contributed by atoms with Gasteiger partial charge in [0.05, 0.1) is 12.0 Å². The van der Waals surface area contributed by atoms with Crippen LogP contribution in [0.15, 0.2) is 24.3 Å². The molecule has 4 nitrogen and oxygen atoms in total. The minimum Gasteiger partial charge on any atom is -0.378 e. The zero-order chi connectivity index (χ0) is 15.0. The number of imide groups is 1. The average molecular weight is 291 g/mol. The Kier molecular flexibility index (Phi) is 3.53. The van der Waals surface area contributed by atoms with Crippen molar-refractivity contribution in [3.05, 3.63) is 35.6 Å². The highest BCUT2D eigenvalue weighted by molar-refractivity contribution is 6.02. The number of ether oxygens (including phenoxy) is 1. The number of nitrogens with one attached hydrogen (secondary N) is 1. The van der Waals surface area contributed by atoms with Gasteiger partial charge >= 0.3 is 0 Å². The molecule has 1 aromatic carbocycles. The summed E-state index contributed by atoms with van der Waals surface area (Å²) in [5.74, 6) is -1.43. The fourth-order valence-corrected chi connectivity index (χ4v) is 3.73. The van der Waals surface area contributed by atoms with Crippen molar-refractivity contribution in [2.75, 3.05) is 6.61 Å². The lowest BCUT2D eigenvalue weighted by Crippen LogP contribution is -2.57. The number of benzene rings is 1. The molecule has 5 heteroatoms. The van der Waals surface area contributed by atoms with Crippen molar-refractivity contribution in [2.45, 2.75) is 38.2 Å². The zero-order valence-electron chi connectivity index (χ0n) is 11.9. The Balaban J connectivity index is 1.91. The molecule has 1 aromatic rings. The maximum atomic E-state index is 13.5. The van der Waals surface area contributed by atoms with Gasteiger partial charge in [-0.3, -0.25) is 14.9 Å². The molecule has 1 saturated heterocycles. The molecule has 0 radical (unpaired) electrons. The molecule has 2 amide bonds. The molecule has 1 atom stereocenters. The van der Waals surface area contributed by atoms with Crippen LogP contribution in [0.5, 0.6) is 0 Å². The van der Waals surface area contributed by atoms with E-state index >= 15 is 0 Å².